The van der Waals surface area contributed by atoms with Crippen LogP contribution in [0.3, 0.4) is 0 Å². The van der Waals surface area contributed by atoms with E-state index in [1.807, 2.05) is 37.3 Å². The molecule has 0 radical (unpaired) electrons. The van der Waals surface area contributed by atoms with Crippen molar-refractivity contribution in [1.82, 2.24) is 0 Å². The van der Waals surface area contributed by atoms with Crippen molar-refractivity contribution in [1.29, 1.82) is 0 Å². The zero-order valence-electron chi connectivity index (χ0n) is 9.27. The molecule has 0 aliphatic carbocycles. The highest BCUT2D eigenvalue weighted by Gasteiger charge is 2.05. The zero-order valence-corrected chi connectivity index (χ0v) is 9.27. The molecule has 0 unspecified atom stereocenters. The van der Waals surface area contributed by atoms with Gasteiger partial charge in [-0.15, -0.1) is 0 Å². The maximum absolute atomic E-state index is 5.62. The van der Waals surface area contributed by atoms with Gasteiger partial charge in [0.1, 0.15) is 18.1 Å². The number of aryl methyl sites for hydroxylation is 1. The summed E-state index contributed by atoms with van der Waals surface area (Å²) in [7, 11) is 0. The Morgan fingerprint density at radius 2 is 2.19 bits per heavy atom. The second kappa shape index (κ2) is 4.86. The lowest BCUT2D eigenvalue weighted by Gasteiger charge is -2.06. The van der Waals surface area contributed by atoms with Gasteiger partial charge in [-0.2, -0.15) is 0 Å². The minimum absolute atomic E-state index is 0.420. The lowest BCUT2D eigenvalue weighted by Crippen LogP contribution is -2.01. The van der Waals surface area contributed by atoms with Crippen LogP contribution in [0.15, 0.2) is 41.0 Å². The third-order valence-corrected chi connectivity index (χ3v) is 2.42. The number of nitrogens with two attached hydrogens (primary N) is 1. The van der Waals surface area contributed by atoms with Gasteiger partial charge in [-0.25, -0.2) is 0 Å². The fraction of sp³-hybridized carbons (Fsp3) is 0.231. The standard InChI is InChI=1S/C13H15NO2/c1-10-3-2-4-12(7-10)16-9-13-11(8-14)5-6-15-13/h2-7H,8-9,14H2,1H3. The number of rotatable bonds is 4. The molecule has 2 aromatic rings. The molecule has 0 fully saturated rings. The lowest BCUT2D eigenvalue weighted by atomic mass is 10.2. The minimum atomic E-state index is 0.420. The smallest absolute Gasteiger partial charge is 0.146 e. The molecule has 2 rings (SSSR count). The van der Waals surface area contributed by atoms with E-state index in [0.29, 0.717) is 13.2 Å². The monoisotopic (exact) mass is 217 g/mol. The zero-order chi connectivity index (χ0) is 11.4. The molecule has 0 saturated carbocycles. The van der Waals surface area contributed by atoms with E-state index in [2.05, 4.69) is 0 Å². The third-order valence-electron chi connectivity index (χ3n) is 2.42. The quantitative estimate of drug-likeness (QED) is 0.856. The normalized spacial score (nSPS) is 10.4. The van der Waals surface area contributed by atoms with Crippen LogP contribution in [0, 0.1) is 6.92 Å². The van der Waals surface area contributed by atoms with E-state index in [1.54, 1.807) is 6.26 Å². The molecule has 1 aromatic carbocycles. The van der Waals surface area contributed by atoms with Gasteiger partial charge in [0.15, 0.2) is 0 Å². The summed E-state index contributed by atoms with van der Waals surface area (Å²) in [5.41, 5.74) is 7.74. The molecule has 0 atom stereocenters. The van der Waals surface area contributed by atoms with Gasteiger partial charge in [-0.3, -0.25) is 0 Å². The van der Waals surface area contributed by atoms with Crippen molar-refractivity contribution in [2.75, 3.05) is 0 Å². The molecule has 0 spiro atoms. The van der Waals surface area contributed by atoms with Crippen LogP contribution in [-0.2, 0) is 13.2 Å². The lowest BCUT2D eigenvalue weighted by molar-refractivity contribution is 0.268. The van der Waals surface area contributed by atoms with Crippen molar-refractivity contribution in [2.24, 2.45) is 5.73 Å². The largest absolute Gasteiger partial charge is 0.486 e. The third kappa shape index (κ3) is 2.44. The van der Waals surface area contributed by atoms with Crippen LogP contribution in [0.4, 0.5) is 0 Å². The van der Waals surface area contributed by atoms with Crippen molar-refractivity contribution in [3.05, 3.63) is 53.5 Å². The first kappa shape index (κ1) is 10.8. The van der Waals surface area contributed by atoms with Gasteiger partial charge >= 0.3 is 0 Å². The van der Waals surface area contributed by atoms with E-state index in [4.69, 9.17) is 14.9 Å². The van der Waals surface area contributed by atoms with E-state index in [1.165, 1.54) is 5.56 Å². The average Bonchev–Trinajstić information content (AvgIpc) is 2.74. The van der Waals surface area contributed by atoms with Crippen molar-refractivity contribution in [3.8, 4) is 5.75 Å². The van der Waals surface area contributed by atoms with Crippen LogP contribution >= 0.6 is 0 Å². The first-order chi connectivity index (χ1) is 7.79. The van der Waals surface area contributed by atoms with Gasteiger partial charge in [0.25, 0.3) is 0 Å². The molecule has 1 aromatic heterocycles. The summed E-state index contributed by atoms with van der Waals surface area (Å²) < 4.78 is 10.9. The summed E-state index contributed by atoms with van der Waals surface area (Å²) in [4.78, 5) is 0. The summed E-state index contributed by atoms with van der Waals surface area (Å²) >= 11 is 0. The molecule has 0 amide bonds. The van der Waals surface area contributed by atoms with Gasteiger partial charge in [-0.1, -0.05) is 12.1 Å². The highest BCUT2D eigenvalue weighted by molar-refractivity contribution is 5.27. The summed E-state index contributed by atoms with van der Waals surface area (Å²) in [6, 6.07) is 9.79. The van der Waals surface area contributed by atoms with Crippen LogP contribution in [-0.4, -0.2) is 0 Å². The van der Waals surface area contributed by atoms with E-state index >= 15 is 0 Å². The Kier molecular flexibility index (Phi) is 3.27. The first-order valence-corrected chi connectivity index (χ1v) is 5.24. The molecule has 1 heterocycles. The summed E-state index contributed by atoms with van der Waals surface area (Å²) in [5.74, 6) is 1.64. The van der Waals surface area contributed by atoms with E-state index in [9.17, 15) is 0 Å². The predicted molar refractivity (Wildman–Crippen MR) is 62.1 cm³/mol. The van der Waals surface area contributed by atoms with Crippen LogP contribution in [0.25, 0.3) is 0 Å². The fourth-order valence-corrected chi connectivity index (χ4v) is 1.53. The fourth-order valence-electron chi connectivity index (χ4n) is 1.53. The van der Waals surface area contributed by atoms with Gasteiger partial charge < -0.3 is 14.9 Å². The molecule has 0 aliphatic rings. The first-order valence-electron chi connectivity index (χ1n) is 5.24. The Hall–Kier alpha value is -1.74. The Morgan fingerprint density at radius 3 is 2.94 bits per heavy atom. The van der Waals surface area contributed by atoms with Crippen molar-refractivity contribution in [2.45, 2.75) is 20.1 Å². The topological polar surface area (TPSA) is 48.4 Å². The molecule has 0 aliphatic heterocycles. The molecular formula is C13H15NO2. The van der Waals surface area contributed by atoms with E-state index in [0.717, 1.165) is 17.1 Å². The number of ether oxygens (including phenoxy) is 1. The second-order valence-corrected chi connectivity index (χ2v) is 3.68. The Bertz CT molecular complexity index is 462. The van der Waals surface area contributed by atoms with Crippen LogP contribution < -0.4 is 10.5 Å². The second-order valence-electron chi connectivity index (χ2n) is 3.68. The Balaban J connectivity index is 2.02. The van der Waals surface area contributed by atoms with Crippen molar-refractivity contribution < 1.29 is 9.15 Å². The molecule has 0 bridgehead atoms. The Labute approximate surface area is 94.8 Å². The maximum Gasteiger partial charge on any atom is 0.146 e. The molecule has 0 saturated heterocycles. The van der Waals surface area contributed by atoms with Crippen molar-refractivity contribution >= 4 is 0 Å². The van der Waals surface area contributed by atoms with Crippen LogP contribution in [0.2, 0.25) is 0 Å². The highest BCUT2D eigenvalue weighted by atomic mass is 16.5. The number of furan rings is 1. The van der Waals surface area contributed by atoms with Crippen molar-refractivity contribution in [3.63, 3.8) is 0 Å². The molecular weight excluding hydrogens is 202 g/mol. The van der Waals surface area contributed by atoms with Crippen LogP contribution in [0.5, 0.6) is 5.75 Å². The molecule has 3 nitrogen and oxygen atoms in total. The predicted octanol–water partition coefficient (Wildman–Crippen LogP) is 2.63. The summed E-state index contributed by atoms with van der Waals surface area (Å²) in [5, 5.41) is 0. The molecule has 2 N–H and O–H groups in total. The SMILES string of the molecule is Cc1cccc(OCc2occc2CN)c1. The van der Waals surface area contributed by atoms with E-state index < -0.39 is 0 Å². The summed E-state index contributed by atoms with van der Waals surface area (Å²) in [6.07, 6.45) is 1.64. The number of hydrogen-bond donors (Lipinski definition) is 1. The van der Waals surface area contributed by atoms with Gasteiger partial charge in [0.2, 0.25) is 0 Å². The molecule has 84 valence electrons. The molecule has 3 heteroatoms. The minimum Gasteiger partial charge on any atom is -0.486 e. The van der Waals surface area contributed by atoms with Crippen LogP contribution in [0.1, 0.15) is 16.9 Å². The highest BCUT2D eigenvalue weighted by Crippen LogP contribution is 2.16. The van der Waals surface area contributed by atoms with Gasteiger partial charge in [0, 0.05) is 12.1 Å². The summed E-state index contributed by atoms with van der Waals surface area (Å²) in [6.45, 7) is 2.93. The van der Waals surface area contributed by atoms with E-state index in [-0.39, 0.29) is 0 Å². The number of hydrogen-bond acceptors (Lipinski definition) is 3. The molecule has 16 heavy (non-hydrogen) atoms. The van der Waals surface area contributed by atoms with Gasteiger partial charge in [-0.05, 0) is 30.7 Å². The maximum atomic E-state index is 5.62. The Morgan fingerprint density at radius 1 is 1.31 bits per heavy atom. The number of benzene rings is 1. The van der Waals surface area contributed by atoms with Gasteiger partial charge in [0.05, 0.1) is 6.26 Å². The average molecular weight is 217 g/mol.